The maximum atomic E-state index is 9.75. The number of hydrogen-bond donors (Lipinski definition) is 1. The molecule has 3 nitrogen and oxygen atoms in total. The summed E-state index contributed by atoms with van der Waals surface area (Å²) in [6.07, 6.45) is 1.99. The van der Waals surface area contributed by atoms with Crippen molar-refractivity contribution in [2.75, 3.05) is 7.11 Å². The number of benzene rings is 1. The summed E-state index contributed by atoms with van der Waals surface area (Å²) in [6.45, 7) is 2.11. The molecule has 0 saturated heterocycles. The Bertz CT molecular complexity index is 742. The quantitative estimate of drug-likeness (QED) is 0.789. The van der Waals surface area contributed by atoms with Gasteiger partial charge in [0.25, 0.3) is 0 Å². The van der Waals surface area contributed by atoms with Crippen LogP contribution in [0.4, 0.5) is 0 Å². The van der Waals surface area contributed by atoms with Gasteiger partial charge in [-0.05, 0) is 42.3 Å². The summed E-state index contributed by atoms with van der Waals surface area (Å²) in [5.74, 6) is 0.834. The predicted octanol–water partition coefficient (Wildman–Crippen LogP) is 3.42. The SMILES string of the molecule is COc1ccc(-c2c(C)c3ccccn3c2CO)cc1. The standard InChI is InChI=1S/C17H17NO2/c1-12-15-5-3-4-10-18(15)16(11-19)17(12)13-6-8-14(20-2)9-7-13/h3-10,19H,11H2,1-2H3. The minimum Gasteiger partial charge on any atom is -0.497 e. The molecule has 0 aliphatic heterocycles. The number of rotatable bonds is 3. The minimum atomic E-state index is 0.0143. The molecule has 0 unspecified atom stereocenters. The van der Waals surface area contributed by atoms with Gasteiger partial charge in [-0.25, -0.2) is 0 Å². The highest BCUT2D eigenvalue weighted by atomic mass is 16.5. The van der Waals surface area contributed by atoms with Crippen LogP contribution in [0.1, 0.15) is 11.3 Å². The van der Waals surface area contributed by atoms with Crippen LogP contribution in [0.15, 0.2) is 48.7 Å². The number of fused-ring (bicyclic) bond motifs is 1. The molecule has 2 aromatic heterocycles. The molecule has 3 heteroatoms. The molecule has 0 saturated carbocycles. The number of aromatic nitrogens is 1. The van der Waals surface area contributed by atoms with Crippen molar-refractivity contribution in [2.24, 2.45) is 0 Å². The Morgan fingerprint density at radius 1 is 1.10 bits per heavy atom. The second-order valence-electron chi connectivity index (χ2n) is 4.79. The maximum absolute atomic E-state index is 9.75. The lowest BCUT2D eigenvalue weighted by Gasteiger charge is -2.06. The molecule has 0 radical (unpaired) electrons. The summed E-state index contributed by atoms with van der Waals surface area (Å²) in [7, 11) is 1.66. The molecule has 0 aliphatic rings. The van der Waals surface area contributed by atoms with Crippen LogP contribution in [-0.2, 0) is 6.61 Å². The van der Waals surface area contributed by atoms with E-state index in [4.69, 9.17) is 4.74 Å². The zero-order valence-corrected chi connectivity index (χ0v) is 11.6. The van der Waals surface area contributed by atoms with Crippen molar-refractivity contribution in [3.63, 3.8) is 0 Å². The third-order valence-electron chi connectivity index (χ3n) is 3.73. The van der Waals surface area contributed by atoms with Gasteiger partial charge in [-0.2, -0.15) is 0 Å². The van der Waals surface area contributed by atoms with E-state index in [0.717, 1.165) is 28.1 Å². The minimum absolute atomic E-state index is 0.0143. The van der Waals surface area contributed by atoms with Crippen LogP contribution in [0.25, 0.3) is 16.6 Å². The number of aliphatic hydroxyl groups excluding tert-OH is 1. The Kier molecular flexibility index (Phi) is 3.20. The first-order chi connectivity index (χ1) is 9.76. The van der Waals surface area contributed by atoms with Crippen LogP contribution in [0.3, 0.4) is 0 Å². The Labute approximate surface area is 118 Å². The van der Waals surface area contributed by atoms with E-state index in [-0.39, 0.29) is 6.61 Å². The Hall–Kier alpha value is -2.26. The first-order valence-electron chi connectivity index (χ1n) is 6.60. The van der Waals surface area contributed by atoms with E-state index < -0.39 is 0 Å². The molecule has 0 bridgehead atoms. The van der Waals surface area contributed by atoms with Gasteiger partial charge >= 0.3 is 0 Å². The van der Waals surface area contributed by atoms with Gasteiger partial charge < -0.3 is 14.2 Å². The summed E-state index contributed by atoms with van der Waals surface area (Å²) in [6, 6.07) is 14.0. The van der Waals surface area contributed by atoms with Gasteiger partial charge in [0.1, 0.15) is 5.75 Å². The third-order valence-corrected chi connectivity index (χ3v) is 3.73. The average Bonchev–Trinajstić information content (AvgIpc) is 2.80. The molecule has 1 aromatic carbocycles. The Balaban J connectivity index is 2.26. The largest absolute Gasteiger partial charge is 0.497 e. The number of ether oxygens (including phenoxy) is 1. The fourth-order valence-electron chi connectivity index (χ4n) is 2.75. The molecule has 0 spiro atoms. The monoisotopic (exact) mass is 267 g/mol. The number of aryl methyl sites for hydroxylation is 1. The molecule has 102 valence electrons. The van der Waals surface area contributed by atoms with Crippen LogP contribution in [0.5, 0.6) is 5.75 Å². The van der Waals surface area contributed by atoms with Crippen molar-refractivity contribution in [3.05, 3.63) is 59.9 Å². The van der Waals surface area contributed by atoms with Gasteiger partial charge in [-0.1, -0.05) is 18.2 Å². The maximum Gasteiger partial charge on any atom is 0.118 e. The Morgan fingerprint density at radius 3 is 2.50 bits per heavy atom. The van der Waals surface area contributed by atoms with Gasteiger partial charge in [-0.3, -0.25) is 0 Å². The van der Waals surface area contributed by atoms with Crippen LogP contribution in [-0.4, -0.2) is 16.6 Å². The molecule has 0 fully saturated rings. The number of hydrogen-bond acceptors (Lipinski definition) is 2. The fourth-order valence-corrected chi connectivity index (χ4v) is 2.75. The van der Waals surface area contributed by atoms with Crippen LogP contribution in [0, 0.1) is 6.92 Å². The summed E-state index contributed by atoms with van der Waals surface area (Å²) in [5.41, 5.74) is 5.42. The number of methoxy groups -OCH3 is 1. The normalized spacial score (nSPS) is 10.9. The van der Waals surface area contributed by atoms with Crippen molar-refractivity contribution < 1.29 is 9.84 Å². The number of pyridine rings is 1. The molecular weight excluding hydrogens is 250 g/mol. The summed E-state index contributed by atoms with van der Waals surface area (Å²) in [4.78, 5) is 0. The highest BCUT2D eigenvalue weighted by molar-refractivity contribution is 5.79. The van der Waals surface area contributed by atoms with E-state index in [0.29, 0.717) is 0 Å². The van der Waals surface area contributed by atoms with Crippen LogP contribution >= 0.6 is 0 Å². The smallest absolute Gasteiger partial charge is 0.118 e. The predicted molar refractivity (Wildman–Crippen MR) is 80.0 cm³/mol. The van der Waals surface area contributed by atoms with E-state index in [9.17, 15) is 5.11 Å². The molecule has 20 heavy (non-hydrogen) atoms. The fraction of sp³-hybridized carbons (Fsp3) is 0.176. The lowest BCUT2D eigenvalue weighted by atomic mass is 10.0. The van der Waals surface area contributed by atoms with Gasteiger partial charge in [-0.15, -0.1) is 0 Å². The molecule has 0 aliphatic carbocycles. The van der Waals surface area contributed by atoms with E-state index in [1.165, 1.54) is 5.56 Å². The van der Waals surface area contributed by atoms with Crippen molar-refractivity contribution in [1.29, 1.82) is 0 Å². The zero-order valence-electron chi connectivity index (χ0n) is 11.6. The number of nitrogens with zero attached hydrogens (tertiary/aromatic N) is 1. The molecule has 0 amide bonds. The lowest BCUT2D eigenvalue weighted by molar-refractivity contribution is 0.276. The van der Waals surface area contributed by atoms with E-state index >= 15 is 0 Å². The van der Waals surface area contributed by atoms with Gasteiger partial charge in [0, 0.05) is 17.3 Å². The van der Waals surface area contributed by atoms with E-state index in [2.05, 4.69) is 17.4 Å². The van der Waals surface area contributed by atoms with Crippen molar-refractivity contribution in [1.82, 2.24) is 4.40 Å². The Morgan fingerprint density at radius 2 is 1.85 bits per heavy atom. The average molecular weight is 267 g/mol. The van der Waals surface area contributed by atoms with Crippen molar-refractivity contribution in [2.45, 2.75) is 13.5 Å². The summed E-state index contributed by atoms with van der Waals surface area (Å²) in [5, 5.41) is 9.75. The first-order valence-corrected chi connectivity index (χ1v) is 6.60. The van der Waals surface area contributed by atoms with Crippen LogP contribution in [0.2, 0.25) is 0 Å². The molecule has 1 N–H and O–H groups in total. The van der Waals surface area contributed by atoms with Crippen molar-refractivity contribution in [3.8, 4) is 16.9 Å². The van der Waals surface area contributed by atoms with Gasteiger partial charge in [0.15, 0.2) is 0 Å². The number of aliphatic hydroxyl groups is 1. The highest BCUT2D eigenvalue weighted by Gasteiger charge is 2.15. The van der Waals surface area contributed by atoms with E-state index in [1.54, 1.807) is 7.11 Å². The first kappa shape index (κ1) is 12.8. The second-order valence-corrected chi connectivity index (χ2v) is 4.79. The molecule has 2 heterocycles. The van der Waals surface area contributed by atoms with E-state index in [1.807, 2.05) is 42.6 Å². The summed E-state index contributed by atoms with van der Waals surface area (Å²) >= 11 is 0. The van der Waals surface area contributed by atoms with Gasteiger partial charge in [0.05, 0.1) is 19.4 Å². The van der Waals surface area contributed by atoms with Crippen molar-refractivity contribution >= 4 is 5.52 Å². The molecule has 3 rings (SSSR count). The molecular formula is C17H17NO2. The molecule has 3 aromatic rings. The zero-order chi connectivity index (χ0) is 14.1. The van der Waals surface area contributed by atoms with Crippen LogP contribution < -0.4 is 4.74 Å². The lowest BCUT2D eigenvalue weighted by Crippen LogP contribution is -1.93. The topological polar surface area (TPSA) is 33.9 Å². The third kappa shape index (κ3) is 1.87. The van der Waals surface area contributed by atoms with Gasteiger partial charge in [0.2, 0.25) is 0 Å². The highest BCUT2D eigenvalue weighted by Crippen LogP contribution is 2.33. The summed E-state index contributed by atoms with van der Waals surface area (Å²) < 4.78 is 7.25. The molecule has 0 atom stereocenters. The second kappa shape index (κ2) is 5.02.